The number of hydrogen-bond acceptors (Lipinski definition) is 3. The molecule has 60 valence electrons. The monoisotopic (exact) mass is 162 g/mol. The molecule has 12 heavy (non-hydrogen) atoms. The van der Waals surface area contributed by atoms with Crippen molar-refractivity contribution in [2.45, 2.75) is 0 Å². The molecule has 0 fully saturated rings. The van der Waals surface area contributed by atoms with Crippen LogP contribution in [0.4, 0.5) is 0 Å². The van der Waals surface area contributed by atoms with E-state index in [0.29, 0.717) is 11.1 Å². The maximum absolute atomic E-state index is 10.7. The number of pyridine rings is 1. The number of nitrogens with two attached hydrogens (primary N) is 1. The first-order chi connectivity index (χ1) is 5.77. The molecule has 2 aromatic rings. The van der Waals surface area contributed by atoms with Gasteiger partial charge in [0.1, 0.15) is 5.52 Å². The van der Waals surface area contributed by atoms with Gasteiger partial charge < -0.3 is 5.73 Å². The summed E-state index contributed by atoms with van der Waals surface area (Å²) in [6.45, 7) is 0. The fraction of sp³-hybridized carbons (Fsp3) is 0. The zero-order valence-electron chi connectivity index (χ0n) is 6.11. The van der Waals surface area contributed by atoms with E-state index in [2.05, 4.69) is 15.2 Å². The van der Waals surface area contributed by atoms with Crippen molar-refractivity contribution in [3.63, 3.8) is 0 Å². The molecule has 2 heterocycles. The van der Waals surface area contributed by atoms with E-state index in [0.717, 1.165) is 5.52 Å². The Balaban J connectivity index is 2.68. The lowest BCUT2D eigenvalue weighted by atomic mass is 10.2. The quantitative estimate of drug-likeness (QED) is 0.621. The predicted molar refractivity (Wildman–Crippen MR) is 42.4 cm³/mol. The summed E-state index contributed by atoms with van der Waals surface area (Å²) in [7, 11) is 0. The molecule has 2 aromatic heterocycles. The smallest absolute Gasteiger partial charge is 0.250 e. The van der Waals surface area contributed by atoms with Gasteiger partial charge in [-0.15, -0.1) is 0 Å². The Morgan fingerprint density at radius 1 is 1.50 bits per heavy atom. The maximum Gasteiger partial charge on any atom is 0.250 e. The number of aromatic nitrogens is 3. The molecule has 2 rings (SSSR count). The Labute approximate surface area is 67.6 Å². The van der Waals surface area contributed by atoms with Crippen LogP contribution in [0.15, 0.2) is 18.5 Å². The van der Waals surface area contributed by atoms with Crippen molar-refractivity contribution in [2.24, 2.45) is 5.73 Å². The second-order valence-corrected chi connectivity index (χ2v) is 2.39. The molecular weight excluding hydrogens is 156 g/mol. The van der Waals surface area contributed by atoms with Gasteiger partial charge >= 0.3 is 0 Å². The van der Waals surface area contributed by atoms with Crippen molar-refractivity contribution in [1.29, 1.82) is 0 Å². The molecule has 0 bridgehead atoms. The van der Waals surface area contributed by atoms with Crippen molar-refractivity contribution >= 4 is 16.9 Å². The fourth-order valence-electron chi connectivity index (χ4n) is 0.965. The fourth-order valence-corrected chi connectivity index (χ4v) is 0.965. The van der Waals surface area contributed by atoms with Gasteiger partial charge in [0, 0.05) is 6.20 Å². The molecular formula is C7H6N4O. The lowest BCUT2D eigenvalue weighted by molar-refractivity contribution is 0.1000. The number of nitrogens with one attached hydrogen (secondary N) is 1. The van der Waals surface area contributed by atoms with Gasteiger partial charge in [0.25, 0.3) is 0 Å². The molecule has 0 atom stereocenters. The van der Waals surface area contributed by atoms with Crippen LogP contribution in [0.1, 0.15) is 10.4 Å². The SMILES string of the molecule is NC(=O)c1cnc2cn[nH]c2c1. The standard InChI is InChI=1S/C7H6N4O/c8-7(12)4-1-5-6(9-2-4)3-10-11-5/h1-3H,(H2,8,12)(H,10,11). The summed E-state index contributed by atoms with van der Waals surface area (Å²) in [5.41, 5.74) is 6.88. The molecule has 5 heteroatoms. The third-order valence-electron chi connectivity index (χ3n) is 1.57. The first kappa shape index (κ1) is 6.78. The molecule has 0 saturated carbocycles. The van der Waals surface area contributed by atoms with Crippen molar-refractivity contribution in [1.82, 2.24) is 15.2 Å². The normalized spacial score (nSPS) is 10.3. The second-order valence-electron chi connectivity index (χ2n) is 2.39. The predicted octanol–water partition coefficient (Wildman–Crippen LogP) is 0.0568. The van der Waals surface area contributed by atoms with Gasteiger partial charge in [0.15, 0.2) is 0 Å². The largest absolute Gasteiger partial charge is 0.366 e. The van der Waals surface area contributed by atoms with Crippen LogP contribution in [0.3, 0.4) is 0 Å². The topological polar surface area (TPSA) is 84.7 Å². The average molecular weight is 162 g/mol. The number of amides is 1. The number of H-pyrrole nitrogens is 1. The van der Waals surface area contributed by atoms with E-state index in [1.165, 1.54) is 6.20 Å². The summed E-state index contributed by atoms with van der Waals surface area (Å²) in [6.07, 6.45) is 3.01. The van der Waals surface area contributed by atoms with Crippen LogP contribution in [-0.2, 0) is 0 Å². The lowest BCUT2D eigenvalue weighted by Gasteiger charge is -1.92. The third-order valence-corrected chi connectivity index (χ3v) is 1.57. The molecule has 0 aliphatic carbocycles. The van der Waals surface area contributed by atoms with Crippen LogP contribution in [0.25, 0.3) is 11.0 Å². The van der Waals surface area contributed by atoms with Crippen LogP contribution < -0.4 is 5.73 Å². The minimum absolute atomic E-state index is 0.381. The maximum atomic E-state index is 10.7. The highest BCUT2D eigenvalue weighted by Crippen LogP contribution is 2.08. The van der Waals surface area contributed by atoms with Gasteiger partial charge in [0.05, 0.1) is 17.3 Å². The summed E-state index contributed by atoms with van der Waals surface area (Å²) in [4.78, 5) is 14.7. The van der Waals surface area contributed by atoms with Gasteiger partial charge in [-0.3, -0.25) is 14.9 Å². The van der Waals surface area contributed by atoms with E-state index in [4.69, 9.17) is 5.73 Å². The molecule has 5 nitrogen and oxygen atoms in total. The summed E-state index contributed by atoms with van der Waals surface area (Å²) in [5.74, 6) is -0.487. The minimum Gasteiger partial charge on any atom is -0.366 e. The Bertz CT molecular complexity index is 434. The van der Waals surface area contributed by atoms with Crippen molar-refractivity contribution in [3.8, 4) is 0 Å². The van der Waals surface area contributed by atoms with E-state index in [-0.39, 0.29) is 0 Å². The van der Waals surface area contributed by atoms with Gasteiger partial charge in [-0.25, -0.2) is 0 Å². The highest BCUT2D eigenvalue weighted by atomic mass is 16.1. The van der Waals surface area contributed by atoms with Gasteiger partial charge in [-0.2, -0.15) is 5.10 Å². The summed E-state index contributed by atoms with van der Waals surface area (Å²) in [5, 5.41) is 6.46. The number of carbonyl (C=O) groups excluding carboxylic acids is 1. The molecule has 0 radical (unpaired) electrons. The van der Waals surface area contributed by atoms with Crippen LogP contribution in [0.5, 0.6) is 0 Å². The zero-order valence-corrected chi connectivity index (χ0v) is 6.11. The Morgan fingerprint density at radius 3 is 3.08 bits per heavy atom. The Morgan fingerprint density at radius 2 is 2.33 bits per heavy atom. The van der Waals surface area contributed by atoms with Gasteiger partial charge in [-0.05, 0) is 6.07 Å². The zero-order chi connectivity index (χ0) is 8.55. The Kier molecular flexibility index (Phi) is 1.30. The van der Waals surface area contributed by atoms with Crippen molar-refractivity contribution < 1.29 is 4.79 Å². The summed E-state index contributed by atoms with van der Waals surface area (Å²) in [6, 6.07) is 1.62. The first-order valence-electron chi connectivity index (χ1n) is 3.36. The second kappa shape index (κ2) is 2.30. The molecule has 0 unspecified atom stereocenters. The number of aromatic amines is 1. The highest BCUT2D eigenvalue weighted by molar-refractivity contribution is 5.95. The van der Waals surface area contributed by atoms with Crippen molar-refractivity contribution in [2.75, 3.05) is 0 Å². The summed E-state index contributed by atoms with van der Waals surface area (Å²) >= 11 is 0. The average Bonchev–Trinajstić information content (AvgIpc) is 2.49. The van der Waals surface area contributed by atoms with E-state index in [1.54, 1.807) is 12.3 Å². The van der Waals surface area contributed by atoms with E-state index in [1.807, 2.05) is 0 Å². The highest BCUT2D eigenvalue weighted by Gasteiger charge is 2.02. The van der Waals surface area contributed by atoms with Crippen LogP contribution >= 0.6 is 0 Å². The first-order valence-corrected chi connectivity index (χ1v) is 3.36. The molecule has 0 aromatic carbocycles. The minimum atomic E-state index is -0.487. The molecule has 1 amide bonds. The van der Waals surface area contributed by atoms with E-state index >= 15 is 0 Å². The van der Waals surface area contributed by atoms with E-state index in [9.17, 15) is 4.79 Å². The number of primary amides is 1. The molecule has 0 aliphatic heterocycles. The Hall–Kier alpha value is -1.91. The van der Waals surface area contributed by atoms with Crippen LogP contribution in [-0.4, -0.2) is 21.1 Å². The number of nitrogens with zero attached hydrogens (tertiary/aromatic N) is 2. The summed E-state index contributed by atoms with van der Waals surface area (Å²) < 4.78 is 0. The van der Waals surface area contributed by atoms with Gasteiger partial charge in [-0.1, -0.05) is 0 Å². The number of hydrogen-bond donors (Lipinski definition) is 2. The van der Waals surface area contributed by atoms with Crippen LogP contribution in [0.2, 0.25) is 0 Å². The molecule has 0 saturated heterocycles. The lowest BCUT2D eigenvalue weighted by Crippen LogP contribution is -2.10. The third kappa shape index (κ3) is 0.914. The number of carbonyl (C=O) groups is 1. The van der Waals surface area contributed by atoms with Crippen LogP contribution in [0, 0.1) is 0 Å². The number of rotatable bonds is 1. The molecule has 0 spiro atoms. The molecule has 3 N–H and O–H groups in total. The van der Waals surface area contributed by atoms with Gasteiger partial charge in [0.2, 0.25) is 5.91 Å². The van der Waals surface area contributed by atoms with E-state index < -0.39 is 5.91 Å². The van der Waals surface area contributed by atoms with Crippen molar-refractivity contribution in [3.05, 3.63) is 24.0 Å². The number of fused-ring (bicyclic) bond motifs is 1. The molecule has 0 aliphatic rings.